The van der Waals surface area contributed by atoms with Crippen LogP contribution in [0.5, 0.6) is 0 Å². The van der Waals surface area contributed by atoms with Gasteiger partial charge in [0.25, 0.3) is 9.84 Å². The number of ether oxygens (including phenoxy) is 4. The number of nitrogens with zero attached hydrogens (tertiary/aromatic N) is 5. The minimum atomic E-state index is -3.38. The number of imidazole rings is 2. The van der Waals surface area contributed by atoms with Gasteiger partial charge in [0.15, 0.2) is 23.1 Å². The van der Waals surface area contributed by atoms with Crippen LogP contribution in [0.25, 0.3) is 16.2 Å². The van der Waals surface area contributed by atoms with Gasteiger partial charge in [0.2, 0.25) is 12.5 Å². The van der Waals surface area contributed by atoms with Crippen LogP contribution in [0.2, 0.25) is 0 Å². The standard InChI is InChI=1S/C12H12N2O2.C11H15NO3.C10H10N2O.C9H9NO2S.C6H7N.C4H6O3.Al.Li.4H/c1-2-16-12(15)11-8-13-9-14(11)10-6-4-3-5-7-10;1-3-15-11(13)10(14-2)12-9-7-5-4-6-8-9;13-7-10-6-11-8-12(10)9-4-2-1-3-5-9;1-8-3-5-9(6-4-8)13(11,12)7-10-2;7-6-4-2-1-3-5-6;1-2-7-4(6)3-5;;;;;;/h3-9H,2H2,1H3;4-8,10,12H,3H2,1-2H3;1-6,8,13H,7H2;3-6H,7H2,1H3;1-5H,7H2;3H,2H2,1H3;;;;;;/q;;;;;;;+1;;;;-1. The number of carbonyl (C=O) groups is 4. The van der Waals surface area contributed by atoms with Gasteiger partial charge in [0.05, 0.1) is 62.1 Å². The molecule has 0 amide bonds. The monoisotopic (exact) mass is 1030 g/mol. The van der Waals surface area contributed by atoms with E-state index in [1.165, 1.54) is 25.4 Å². The van der Waals surface area contributed by atoms with E-state index in [9.17, 15) is 27.6 Å². The zero-order chi connectivity index (χ0) is 52.3. The summed E-state index contributed by atoms with van der Waals surface area (Å²) >= 11 is 0. The quantitative estimate of drug-likeness (QED) is 0.0206. The summed E-state index contributed by atoms with van der Waals surface area (Å²) in [7, 11) is -1.93. The van der Waals surface area contributed by atoms with Crippen LogP contribution >= 0.6 is 0 Å². The van der Waals surface area contributed by atoms with E-state index in [1.54, 1.807) is 56.3 Å². The minimum Gasteiger partial charge on any atom is -1.00 e. The number of aromatic nitrogens is 4. The van der Waals surface area contributed by atoms with Gasteiger partial charge >= 0.3 is 42.6 Å². The molecule has 5 aromatic carbocycles. The Morgan fingerprint density at radius 3 is 1.67 bits per heavy atom. The van der Waals surface area contributed by atoms with Gasteiger partial charge in [-0.1, -0.05) is 90.5 Å². The molecule has 0 saturated carbocycles. The number of aldehydes is 1. The number of hydrogen-bond acceptors (Lipinski definition) is 15. The maximum absolute atomic E-state index is 11.6. The van der Waals surface area contributed by atoms with Crippen LogP contribution in [0.15, 0.2) is 176 Å². The third-order valence-electron chi connectivity index (χ3n) is 8.67. The molecule has 0 radical (unpaired) electrons. The maximum Gasteiger partial charge on any atom is 1.00 e. The number of nitrogens with one attached hydrogen (secondary N) is 1. The number of esters is 3. The van der Waals surface area contributed by atoms with Gasteiger partial charge in [0.1, 0.15) is 0 Å². The first kappa shape index (κ1) is 65.7. The zero-order valence-corrected chi connectivity index (χ0v) is 41.9. The predicted octanol–water partition coefficient (Wildman–Crippen LogP) is 3.64. The number of aryl methyl sites for hydroxylation is 1. The summed E-state index contributed by atoms with van der Waals surface area (Å²) in [6.45, 7) is 14.5. The number of benzene rings is 5. The molecule has 18 nitrogen and oxygen atoms in total. The van der Waals surface area contributed by atoms with Crippen molar-refractivity contribution in [1.29, 1.82) is 0 Å². The molecule has 1 atom stereocenters. The van der Waals surface area contributed by atoms with Crippen molar-refractivity contribution >= 4 is 62.8 Å². The molecule has 21 heteroatoms. The maximum atomic E-state index is 11.6. The summed E-state index contributed by atoms with van der Waals surface area (Å²) in [4.78, 5) is 53.2. The van der Waals surface area contributed by atoms with Crippen LogP contribution in [0.1, 0.15) is 43.9 Å². The number of hydrogen-bond donors (Lipinski definition) is 3. The van der Waals surface area contributed by atoms with Crippen molar-refractivity contribution in [2.75, 3.05) is 43.9 Å². The molecule has 382 valence electrons. The minimum absolute atomic E-state index is 0. The van der Waals surface area contributed by atoms with Crippen molar-refractivity contribution in [3.05, 3.63) is 199 Å². The number of nitrogens with two attached hydrogens (primary N) is 1. The third-order valence-corrected chi connectivity index (χ3v) is 10.1. The number of para-hydroxylation sites is 4. The SMILES string of the molecule is CCOC(=O)C(Nc1ccccc1)OC.CCOC(=O)C=O.CCOC(=O)c1cncn1-c1ccccc1.Nc1ccccc1.OCc1cncn1-c1ccccc1.[AlH3].[C-]#[N+]CS(=O)(=O)c1ccc(C)cc1.[H-].[Li+]. The summed E-state index contributed by atoms with van der Waals surface area (Å²) in [6.07, 6.45) is 5.84. The van der Waals surface area contributed by atoms with Crippen molar-refractivity contribution in [2.45, 2.75) is 45.4 Å². The molecular formula is C52H63AlLiN7O11S. The first-order chi connectivity index (χ1) is 34.3. The van der Waals surface area contributed by atoms with Gasteiger partial charge in [0, 0.05) is 29.9 Å². The average molecular weight is 1030 g/mol. The van der Waals surface area contributed by atoms with Gasteiger partial charge in [-0.05, 0) is 88.4 Å². The van der Waals surface area contributed by atoms with E-state index in [1.807, 2.05) is 133 Å². The first-order valence-corrected chi connectivity index (χ1v) is 23.4. The second-order valence-electron chi connectivity index (χ2n) is 13.8. The smallest absolute Gasteiger partial charge is 1.00 e. The van der Waals surface area contributed by atoms with Crippen molar-refractivity contribution in [3.8, 4) is 11.4 Å². The van der Waals surface area contributed by atoms with E-state index < -0.39 is 33.9 Å². The van der Waals surface area contributed by atoms with E-state index >= 15 is 0 Å². The second-order valence-corrected chi connectivity index (χ2v) is 15.8. The molecule has 0 saturated heterocycles. The van der Waals surface area contributed by atoms with Crippen LogP contribution in [-0.2, 0) is 49.8 Å². The Bertz CT molecular complexity index is 2760. The summed E-state index contributed by atoms with van der Waals surface area (Å²) < 4.78 is 45.2. The number of carbonyl (C=O) groups excluding carboxylic acids is 4. The van der Waals surface area contributed by atoms with Gasteiger partial charge in [-0.3, -0.25) is 14.2 Å². The number of aliphatic hydroxyl groups excluding tert-OH is 1. The molecule has 2 heterocycles. The predicted molar refractivity (Wildman–Crippen MR) is 281 cm³/mol. The third kappa shape index (κ3) is 25.6. The molecule has 2 aromatic heterocycles. The van der Waals surface area contributed by atoms with Crippen molar-refractivity contribution in [3.63, 3.8) is 0 Å². The molecule has 7 rings (SSSR count). The Hall–Kier alpha value is -7.31. The topological polar surface area (TPSA) is 238 Å². The van der Waals surface area contributed by atoms with Gasteiger partial charge in [-0.2, -0.15) is 0 Å². The van der Waals surface area contributed by atoms with Crippen LogP contribution in [0, 0.1) is 13.5 Å². The number of aliphatic hydroxyl groups is 1. The molecule has 0 spiro atoms. The van der Waals surface area contributed by atoms with Crippen LogP contribution in [0.3, 0.4) is 0 Å². The van der Waals surface area contributed by atoms with Crippen molar-refractivity contribution < 1.29 is 71.9 Å². The fraction of sp³-hybridized carbons (Fsp3) is 0.212. The second kappa shape index (κ2) is 38.4. The Morgan fingerprint density at radius 1 is 0.753 bits per heavy atom. The fourth-order valence-corrected chi connectivity index (χ4v) is 6.23. The summed E-state index contributed by atoms with van der Waals surface area (Å²) in [5, 5.41) is 11.9. The molecule has 4 N–H and O–H groups in total. The number of sulfone groups is 1. The summed E-state index contributed by atoms with van der Waals surface area (Å²) in [6, 6.07) is 44.7. The van der Waals surface area contributed by atoms with Crippen LogP contribution < -0.4 is 29.9 Å². The molecule has 1 unspecified atom stereocenters. The Kier molecular flexibility index (Phi) is 34.5. The van der Waals surface area contributed by atoms with Gasteiger partial charge < -0.3 is 41.1 Å². The van der Waals surface area contributed by atoms with Crippen molar-refractivity contribution in [2.24, 2.45) is 0 Å². The van der Waals surface area contributed by atoms with Crippen LogP contribution in [0.4, 0.5) is 11.4 Å². The normalized spacial score (nSPS) is 9.93. The van der Waals surface area contributed by atoms with E-state index in [-0.39, 0.29) is 68.0 Å². The van der Waals surface area contributed by atoms with E-state index in [4.69, 9.17) is 31.6 Å². The largest absolute Gasteiger partial charge is 1.00 e. The molecule has 7 aromatic rings. The first-order valence-electron chi connectivity index (χ1n) is 21.8. The molecular weight excluding hydrogens is 965 g/mol. The molecule has 0 aliphatic carbocycles. The number of anilines is 2. The molecule has 0 aliphatic heterocycles. The van der Waals surface area contributed by atoms with Gasteiger partial charge in [-0.15, -0.1) is 0 Å². The molecule has 0 bridgehead atoms. The number of methoxy groups -OCH3 is 1. The van der Waals surface area contributed by atoms with Gasteiger partial charge in [-0.25, -0.2) is 39.3 Å². The van der Waals surface area contributed by atoms with E-state index in [2.05, 4.69) is 24.9 Å². The molecule has 73 heavy (non-hydrogen) atoms. The number of nitrogen functional groups attached to an aromatic ring is 1. The fourth-order valence-electron chi connectivity index (χ4n) is 5.36. The zero-order valence-electron chi connectivity index (χ0n) is 42.1. The van der Waals surface area contributed by atoms with Crippen molar-refractivity contribution in [1.82, 2.24) is 19.1 Å². The number of rotatable bonds is 14. The Labute approximate surface area is 451 Å². The summed E-state index contributed by atoms with van der Waals surface area (Å²) in [5.74, 6) is -2.05. The van der Waals surface area contributed by atoms with E-state index in [0.717, 1.165) is 34.0 Å². The molecule has 0 fully saturated rings. The Balaban J connectivity index is 0. The molecule has 0 aliphatic rings. The summed E-state index contributed by atoms with van der Waals surface area (Å²) in [5.41, 5.74) is 11.1. The Morgan fingerprint density at radius 2 is 1.23 bits per heavy atom. The van der Waals surface area contributed by atoms with Crippen LogP contribution in [-0.4, -0.2) is 113 Å². The van der Waals surface area contributed by atoms with E-state index in [0.29, 0.717) is 18.9 Å². The average Bonchev–Trinajstić information content (AvgIpc) is 4.10.